The van der Waals surface area contributed by atoms with Crippen molar-refractivity contribution < 1.29 is 23.5 Å². The SMILES string of the molecule is C[C@H](Oc1ccc(F)cc1Cl)C1CCN(C(=O)N2CC[C@@H]3OCC(=O)C[C@@H]3C2)CC1. The van der Waals surface area contributed by atoms with Crippen LogP contribution in [0.2, 0.25) is 5.02 Å². The molecule has 0 radical (unpaired) electrons. The normalized spacial score (nSPS) is 26.3. The first-order valence-corrected chi connectivity index (χ1v) is 11.1. The number of fused-ring (bicyclic) bond motifs is 1. The molecule has 8 heteroatoms. The van der Waals surface area contributed by atoms with Crippen LogP contribution in [0.4, 0.5) is 9.18 Å². The van der Waals surface area contributed by atoms with Gasteiger partial charge in [-0.25, -0.2) is 9.18 Å². The highest BCUT2D eigenvalue weighted by Crippen LogP contribution is 2.31. The van der Waals surface area contributed by atoms with Gasteiger partial charge in [0, 0.05) is 38.5 Å². The van der Waals surface area contributed by atoms with Crippen molar-refractivity contribution in [2.45, 2.75) is 44.8 Å². The summed E-state index contributed by atoms with van der Waals surface area (Å²) in [7, 11) is 0. The van der Waals surface area contributed by atoms with E-state index in [0.29, 0.717) is 44.3 Å². The molecule has 3 saturated heterocycles. The average Bonchev–Trinajstić information content (AvgIpc) is 2.74. The number of hydrogen-bond donors (Lipinski definition) is 0. The van der Waals surface area contributed by atoms with Gasteiger partial charge in [0.2, 0.25) is 0 Å². The lowest BCUT2D eigenvalue weighted by molar-refractivity contribution is -0.140. The molecule has 3 aliphatic heterocycles. The van der Waals surface area contributed by atoms with Crippen molar-refractivity contribution in [3.63, 3.8) is 0 Å². The fourth-order valence-corrected chi connectivity index (χ4v) is 4.99. The molecule has 3 atom stereocenters. The van der Waals surface area contributed by atoms with Gasteiger partial charge in [-0.05, 0) is 50.3 Å². The van der Waals surface area contributed by atoms with Gasteiger partial charge in [-0.3, -0.25) is 4.79 Å². The summed E-state index contributed by atoms with van der Waals surface area (Å²) < 4.78 is 24.8. The first-order valence-electron chi connectivity index (χ1n) is 10.7. The Labute approximate surface area is 181 Å². The van der Waals surface area contributed by atoms with Crippen molar-refractivity contribution >= 4 is 23.4 Å². The summed E-state index contributed by atoms with van der Waals surface area (Å²) >= 11 is 6.07. The van der Waals surface area contributed by atoms with Crippen LogP contribution in [0, 0.1) is 17.7 Å². The number of carbonyl (C=O) groups is 2. The Kier molecular flexibility index (Phi) is 6.48. The Hall–Kier alpha value is -1.86. The van der Waals surface area contributed by atoms with Crippen molar-refractivity contribution in [2.75, 3.05) is 32.8 Å². The Balaban J connectivity index is 1.27. The Morgan fingerprint density at radius 2 is 1.97 bits per heavy atom. The second kappa shape index (κ2) is 9.10. The lowest BCUT2D eigenvalue weighted by Crippen LogP contribution is -2.55. The molecule has 1 aromatic carbocycles. The van der Waals surface area contributed by atoms with E-state index in [0.717, 1.165) is 19.3 Å². The Bertz CT molecular complexity index is 799. The minimum atomic E-state index is -0.389. The van der Waals surface area contributed by atoms with Crippen LogP contribution >= 0.6 is 11.6 Å². The number of ketones is 1. The minimum Gasteiger partial charge on any atom is -0.489 e. The second-order valence-corrected chi connectivity index (χ2v) is 9.00. The maximum Gasteiger partial charge on any atom is 0.320 e. The molecule has 0 unspecified atom stereocenters. The number of rotatable bonds is 3. The van der Waals surface area contributed by atoms with Gasteiger partial charge < -0.3 is 19.3 Å². The first kappa shape index (κ1) is 21.4. The van der Waals surface area contributed by atoms with E-state index in [1.807, 2.05) is 16.7 Å². The molecule has 0 aliphatic carbocycles. The predicted octanol–water partition coefficient (Wildman–Crippen LogP) is 3.76. The fraction of sp³-hybridized carbons (Fsp3) is 0.636. The van der Waals surface area contributed by atoms with E-state index in [1.54, 1.807) is 6.07 Å². The standard InChI is InChI=1S/C22H28ClFN2O4/c1-14(30-21-3-2-17(24)11-19(21)23)15-4-7-25(8-5-15)22(28)26-9-6-20-16(12-26)10-18(27)13-29-20/h2-3,11,14-16,20H,4-10,12-13H2,1H3/t14-,16+,20-/m0/s1. The molecular weight excluding hydrogens is 411 g/mol. The van der Waals surface area contributed by atoms with E-state index in [9.17, 15) is 14.0 Å². The summed E-state index contributed by atoms with van der Waals surface area (Å²) in [6, 6.07) is 4.19. The number of amides is 2. The molecule has 0 N–H and O–H groups in total. The van der Waals surface area contributed by atoms with Crippen molar-refractivity contribution in [1.82, 2.24) is 9.80 Å². The number of Topliss-reactive ketones (excluding diaryl/α,β-unsaturated/α-hetero) is 1. The van der Waals surface area contributed by atoms with Gasteiger partial charge in [-0.1, -0.05) is 11.6 Å². The lowest BCUT2D eigenvalue weighted by Gasteiger charge is -2.43. The zero-order valence-electron chi connectivity index (χ0n) is 17.2. The lowest BCUT2D eigenvalue weighted by atomic mass is 9.88. The quantitative estimate of drug-likeness (QED) is 0.721. The summed E-state index contributed by atoms with van der Waals surface area (Å²) in [4.78, 5) is 28.5. The van der Waals surface area contributed by atoms with Gasteiger partial charge in [0.15, 0.2) is 5.78 Å². The van der Waals surface area contributed by atoms with Gasteiger partial charge in [0.05, 0.1) is 17.2 Å². The van der Waals surface area contributed by atoms with E-state index in [1.165, 1.54) is 12.1 Å². The summed E-state index contributed by atoms with van der Waals surface area (Å²) in [6.45, 7) is 4.83. The number of urea groups is 1. The van der Waals surface area contributed by atoms with Gasteiger partial charge in [-0.15, -0.1) is 0 Å². The molecule has 0 bridgehead atoms. The second-order valence-electron chi connectivity index (χ2n) is 8.59. The molecule has 3 fully saturated rings. The largest absolute Gasteiger partial charge is 0.489 e. The number of ether oxygens (including phenoxy) is 2. The molecule has 0 aromatic heterocycles. The molecule has 4 rings (SSSR count). The summed E-state index contributed by atoms with van der Waals surface area (Å²) in [5, 5.41) is 0.267. The van der Waals surface area contributed by atoms with E-state index in [-0.39, 0.29) is 47.4 Å². The molecule has 0 saturated carbocycles. The Morgan fingerprint density at radius 3 is 2.70 bits per heavy atom. The average molecular weight is 439 g/mol. The third kappa shape index (κ3) is 4.72. The number of piperidine rings is 2. The van der Waals surface area contributed by atoms with Crippen molar-refractivity contribution in [3.05, 3.63) is 29.0 Å². The molecule has 6 nitrogen and oxygen atoms in total. The zero-order valence-corrected chi connectivity index (χ0v) is 17.9. The van der Waals surface area contributed by atoms with Crippen LogP contribution in [0.25, 0.3) is 0 Å². The van der Waals surface area contributed by atoms with Crippen LogP contribution in [0.3, 0.4) is 0 Å². The van der Waals surface area contributed by atoms with Crippen molar-refractivity contribution in [1.29, 1.82) is 0 Å². The Morgan fingerprint density at radius 1 is 1.23 bits per heavy atom. The third-order valence-electron chi connectivity index (χ3n) is 6.56. The van der Waals surface area contributed by atoms with Crippen LogP contribution in [0.15, 0.2) is 18.2 Å². The fourth-order valence-electron chi connectivity index (χ4n) is 4.78. The zero-order chi connectivity index (χ0) is 21.3. The molecule has 30 heavy (non-hydrogen) atoms. The number of likely N-dealkylation sites (tertiary alicyclic amines) is 2. The topological polar surface area (TPSA) is 59.1 Å². The van der Waals surface area contributed by atoms with Gasteiger partial charge >= 0.3 is 6.03 Å². The van der Waals surface area contributed by atoms with E-state index < -0.39 is 0 Å². The van der Waals surface area contributed by atoms with E-state index >= 15 is 0 Å². The number of halogens is 2. The van der Waals surface area contributed by atoms with Crippen molar-refractivity contribution in [2.24, 2.45) is 11.8 Å². The van der Waals surface area contributed by atoms with Crippen LogP contribution < -0.4 is 4.74 Å². The highest BCUT2D eigenvalue weighted by Gasteiger charge is 2.38. The summed E-state index contributed by atoms with van der Waals surface area (Å²) in [6.07, 6.45) is 3.02. The molecular formula is C22H28ClFN2O4. The molecule has 2 amide bonds. The molecule has 1 aromatic rings. The number of nitrogens with zero attached hydrogens (tertiary/aromatic N) is 2. The van der Waals surface area contributed by atoms with Crippen LogP contribution in [0.1, 0.15) is 32.6 Å². The van der Waals surface area contributed by atoms with Gasteiger partial charge in [0.25, 0.3) is 0 Å². The summed E-state index contributed by atoms with van der Waals surface area (Å²) in [5.74, 6) is 0.637. The summed E-state index contributed by atoms with van der Waals surface area (Å²) in [5.41, 5.74) is 0. The third-order valence-corrected chi connectivity index (χ3v) is 6.86. The molecule has 3 heterocycles. The monoisotopic (exact) mass is 438 g/mol. The maximum atomic E-state index is 13.2. The van der Waals surface area contributed by atoms with Crippen LogP contribution in [0.5, 0.6) is 5.75 Å². The molecule has 164 valence electrons. The maximum absolute atomic E-state index is 13.2. The highest BCUT2D eigenvalue weighted by atomic mass is 35.5. The number of carbonyl (C=O) groups excluding carboxylic acids is 2. The minimum absolute atomic E-state index is 0.0556. The number of benzene rings is 1. The number of hydrogen-bond acceptors (Lipinski definition) is 4. The first-order chi connectivity index (χ1) is 14.4. The van der Waals surface area contributed by atoms with Crippen molar-refractivity contribution in [3.8, 4) is 5.75 Å². The van der Waals surface area contributed by atoms with Crippen LogP contribution in [-0.2, 0) is 9.53 Å². The highest BCUT2D eigenvalue weighted by molar-refractivity contribution is 6.32. The molecule has 3 aliphatic rings. The van der Waals surface area contributed by atoms with Gasteiger partial charge in [0.1, 0.15) is 18.2 Å². The predicted molar refractivity (Wildman–Crippen MR) is 110 cm³/mol. The van der Waals surface area contributed by atoms with E-state index in [4.69, 9.17) is 21.1 Å². The van der Waals surface area contributed by atoms with E-state index in [2.05, 4.69) is 0 Å². The van der Waals surface area contributed by atoms with Crippen LogP contribution in [-0.4, -0.2) is 66.6 Å². The smallest absolute Gasteiger partial charge is 0.320 e. The van der Waals surface area contributed by atoms with Gasteiger partial charge in [-0.2, -0.15) is 0 Å². The molecule has 0 spiro atoms.